The SMILES string of the molecule is C[N+](C)(C#P=O)CCO.OCC(O)CO. The van der Waals surface area contributed by atoms with E-state index in [1.807, 2.05) is 14.1 Å². The first kappa shape index (κ1) is 17.2. The Morgan fingerprint density at radius 1 is 1.27 bits per heavy atom. The van der Waals surface area contributed by atoms with Crippen LogP contribution in [0.5, 0.6) is 0 Å². The molecule has 0 aromatic heterocycles. The Morgan fingerprint density at radius 2 is 1.73 bits per heavy atom. The number of hydrogen-bond acceptors (Lipinski definition) is 5. The summed E-state index contributed by atoms with van der Waals surface area (Å²) in [5.74, 6) is 2.62. The Bertz CT molecular complexity index is 234. The molecule has 0 fully saturated rings. The van der Waals surface area contributed by atoms with Gasteiger partial charge in [-0.2, -0.15) is 0 Å². The van der Waals surface area contributed by atoms with E-state index >= 15 is 0 Å². The van der Waals surface area contributed by atoms with Gasteiger partial charge in [-0.25, -0.2) is 0 Å². The third kappa shape index (κ3) is 13.8. The van der Waals surface area contributed by atoms with Crippen molar-refractivity contribution in [3.63, 3.8) is 0 Å². The van der Waals surface area contributed by atoms with Gasteiger partial charge >= 0.3 is 55.1 Å². The third-order valence-corrected chi connectivity index (χ3v) is 2.02. The molecule has 0 radical (unpaired) electrons. The van der Waals surface area contributed by atoms with Crippen molar-refractivity contribution in [2.45, 2.75) is 6.10 Å². The van der Waals surface area contributed by atoms with Crippen molar-refractivity contribution in [1.29, 1.82) is 0 Å². The molecule has 0 aromatic rings. The van der Waals surface area contributed by atoms with Gasteiger partial charge in [0.2, 0.25) is 0 Å². The average molecular weight is 240 g/mol. The van der Waals surface area contributed by atoms with Gasteiger partial charge in [-0.05, 0) is 0 Å². The quantitative estimate of drug-likeness (QED) is 0.358. The topological polar surface area (TPSA) is 98.0 Å². The van der Waals surface area contributed by atoms with Gasteiger partial charge in [0.1, 0.15) is 6.10 Å². The molecule has 15 heavy (non-hydrogen) atoms. The second-order valence-corrected chi connectivity index (χ2v) is 3.73. The molecule has 0 amide bonds. The maximum atomic E-state index is 9.98. The van der Waals surface area contributed by atoms with Crippen molar-refractivity contribution in [3.8, 4) is 5.75 Å². The summed E-state index contributed by atoms with van der Waals surface area (Å²) in [7, 11) is 3.54. The van der Waals surface area contributed by atoms with Gasteiger partial charge in [0.25, 0.3) is 0 Å². The van der Waals surface area contributed by atoms with Crippen LogP contribution >= 0.6 is 7.92 Å². The van der Waals surface area contributed by atoms with Crippen LogP contribution in [0, 0.1) is 5.75 Å². The molecule has 90 valence electrons. The largest absolute Gasteiger partial charge is 0.394 e. The summed E-state index contributed by atoms with van der Waals surface area (Å²) in [6.07, 6.45) is -0.954. The molecule has 0 unspecified atom stereocenters. The van der Waals surface area contributed by atoms with Crippen LogP contribution in [0.3, 0.4) is 0 Å². The van der Waals surface area contributed by atoms with E-state index in [9.17, 15) is 4.57 Å². The number of quaternary nitrogens is 1. The predicted octanol–water partition coefficient (Wildman–Crippen LogP) is -1.40. The molecular formula is C8H19NO5P+. The van der Waals surface area contributed by atoms with Gasteiger partial charge in [-0.1, -0.05) is 0 Å². The summed E-state index contributed by atoms with van der Waals surface area (Å²) in [5.41, 5.74) is 0. The Morgan fingerprint density at radius 3 is 1.93 bits per heavy atom. The number of hydrogen-bond donors (Lipinski definition) is 4. The maximum absolute atomic E-state index is 9.98. The second-order valence-electron chi connectivity index (χ2n) is 3.34. The standard InChI is InChI=1S/C5H11NO2P.C3H8O3/c1-6(2,3-4-7)5-9-8;4-1-3(6)2-5/h7H,3-4H2,1-2H3;3-6H,1-2H2/q+1;. The minimum atomic E-state index is -0.954. The molecule has 0 saturated heterocycles. The molecule has 7 heteroatoms. The molecule has 0 aliphatic rings. The number of likely N-dealkylation sites (N-methyl/N-ethyl adjacent to an activating group) is 1. The minimum absolute atomic E-state index is 0.0928. The van der Waals surface area contributed by atoms with Gasteiger partial charge in [0.15, 0.2) is 0 Å². The van der Waals surface area contributed by atoms with Crippen LogP contribution in [0.4, 0.5) is 0 Å². The molecule has 0 aliphatic heterocycles. The molecule has 0 spiro atoms. The van der Waals surface area contributed by atoms with Crippen LogP contribution in [0.1, 0.15) is 0 Å². The van der Waals surface area contributed by atoms with E-state index in [-0.39, 0.29) is 27.7 Å². The molecule has 0 atom stereocenters. The molecular weight excluding hydrogens is 221 g/mol. The molecule has 0 heterocycles. The Balaban J connectivity index is 0. The number of aliphatic hydroxyl groups excluding tert-OH is 4. The van der Waals surface area contributed by atoms with Crippen molar-refractivity contribution in [2.75, 3.05) is 40.5 Å². The smallest absolute Gasteiger partial charge is 0.100 e. The van der Waals surface area contributed by atoms with Crippen molar-refractivity contribution < 1.29 is 29.5 Å². The summed E-state index contributed by atoms with van der Waals surface area (Å²) in [6, 6.07) is 0. The van der Waals surface area contributed by atoms with E-state index in [2.05, 4.69) is 5.75 Å². The van der Waals surface area contributed by atoms with E-state index in [1.165, 1.54) is 0 Å². The van der Waals surface area contributed by atoms with Gasteiger partial charge in [-0.3, -0.25) is 0 Å². The first-order chi connectivity index (χ1) is 6.93. The summed E-state index contributed by atoms with van der Waals surface area (Å²) in [4.78, 5) is 0. The van der Waals surface area contributed by atoms with Crippen LogP contribution in [0.15, 0.2) is 0 Å². The molecule has 0 rings (SSSR count). The fourth-order valence-electron chi connectivity index (χ4n) is 0.468. The van der Waals surface area contributed by atoms with E-state index in [4.69, 9.17) is 20.4 Å². The van der Waals surface area contributed by atoms with E-state index < -0.39 is 6.10 Å². The van der Waals surface area contributed by atoms with Gasteiger partial charge in [-0.15, -0.1) is 0 Å². The van der Waals surface area contributed by atoms with Crippen molar-refractivity contribution >= 4 is 7.92 Å². The molecule has 6 nitrogen and oxygen atoms in total. The second kappa shape index (κ2) is 10.3. The van der Waals surface area contributed by atoms with Crippen molar-refractivity contribution in [3.05, 3.63) is 0 Å². The Hall–Kier alpha value is -0.190. The fourth-order valence-corrected chi connectivity index (χ4v) is 0.789. The van der Waals surface area contributed by atoms with Crippen LogP contribution in [-0.2, 0) is 4.57 Å². The summed E-state index contributed by atoms with van der Waals surface area (Å²) in [6.45, 7) is -0.0856. The first-order valence-corrected chi connectivity index (χ1v) is 5.18. The van der Waals surface area contributed by atoms with Crippen LogP contribution in [-0.4, -0.2) is 71.5 Å². The number of nitrogens with zero attached hydrogens (tertiary/aromatic N) is 1. The summed E-state index contributed by atoms with van der Waals surface area (Å²) < 4.78 is 10.3. The van der Waals surface area contributed by atoms with Gasteiger partial charge in [0, 0.05) is 0 Å². The summed E-state index contributed by atoms with van der Waals surface area (Å²) in [5, 5.41) is 32.5. The summed E-state index contributed by atoms with van der Waals surface area (Å²) >= 11 is 0. The molecule has 0 aliphatic carbocycles. The van der Waals surface area contributed by atoms with Crippen LogP contribution in [0.2, 0.25) is 0 Å². The third-order valence-electron chi connectivity index (χ3n) is 1.39. The molecule has 0 bridgehead atoms. The van der Waals surface area contributed by atoms with Crippen molar-refractivity contribution in [2.24, 2.45) is 0 Å². The average Bonchev–Trinajstić information content (AvgIpc) is 2.17. The first-order valence-electron chi connectivity index (χ1n) is 4.36. The molecule has 4 N–H and O–H groups in total. The van der Waals surface area contributed by atoms with E-state index in [0.717, 1.165) is 0 Å². The van der Waals surface area contributed by atoms with Gasteiger partial charge < -0.3 is 15.3 Å². The Kier molecular flexibility index (Phi) is 11.9. The number of rotatable bonds is 4. The molecule has 0 saturated carbocycles. The van der Waals surface area contributed by atoms with Crippen molar-refractivity contribution in [1.82, 2.24) is 0 Å². The minimum Gasteiger partial charge on any atom is -0.394 e. The van der Waals surface area contributed by atoms with Gasteiger partial charge in [0.05, 0.1) is 13.2 Å². The monoisotopic (exact) mass is 240 g/mol. The molecule has 0 aromatic carbocycles. The Labute approximate surface area is 90.5 Å². The van der Waals surface area contributed by atoms with Crippen LogP contribution < -0.4 is 0 Å². The zero-order valence-electron chi connectivity index (χ0n) is 9.00. The number of aliphatic hydroxyl groups is 4. The zero-order valence-corrected chi connectivity index (χ0v) is 9.89. The fraction of sp³-hybridized carbons (Fsp3) is 0.875. The zero-order chi connectivity index (χ0) is 12.3. The predicted molar refractivity (Wildman–Crippen MR) is 55.7 cm³/mol. The normalized spacial score (nSPS) is 10.3. The van der Waals surface area contributed by atoms with E-state index in [1.54, 1.807) is 0 Å². The van der Waals surface area contributed by atoms with E-state index in [0.29, 0.717) is 11.0 Å². The van der Waals surface area contributed by atoms with Crippen LogP contribution in [0.25, 0.3) is 0 Å². The maximum Gasteiger partial charge on any atom is 0.100 e.